The minimum Gasteiger partial charge on any atom is -0.511 e. The van der Waals surface area contributed by atoms with E-state index in [1.807, 2.05) is 6.92 Å². The largest absolute Gasteiger partial charge is 0.511 e. The molecule has 8 heteroatoms. The van der Waals surface area contributed by atoms with E-state index in [1.54, 1.807) is 19.1 Å². The highest BCUT2D eigenvalue weighted by atomic mass is 32.2. The van der Waals surface area contributed by atoms with Crippen LogP contribution >= 0.6 is 0 Å². The molecule has 0 spiro atoms. The van der Waals surface area contributed by atoms with Gasteiger partial charge in [-0.25, -0.2) is 0 Å². The predicted octanol–water partition coefficient (Wildman–Crippen LogP) is 3.09. The number of hydrogen-bond acceptors (Lipinski definition) is 7. The average molecular weight is 381 g/mol. The van der Waals surface area contributed by atoms with Gasteiger partial charge in [0.1, 0.15) is 18.1 Å². The Kier molecular flexibility index (Phi) is 6.42. The number of oxime groups is 1. The molecule has 2 rings (SSSR count). The third-order valence-corrected chi connectivity index (χ3v) is 4.46. The zero-order chi connectivity index (χ0) is 19.3. The molecule has 1 aromatic carbocycles. The Labute approximate surface area is 153 Å². The standard InChI is InChI=1S/C18H23NO6S/c1-4-15(19-24-5-2)18-16(20)10-13(11-17(18)21)12-6-8-14(9-7-12)25-26(3,22)23/h6-9,13,20H,4-5,10-11H2,1-3H3. The molecule has 0 heterocycles. The van der Waals surface area contributed by atoms with E-state index >= 15 is 0 Å². The minimum atomic E-state index is -3.59. The van der Waals surface area contributed by atoms with Gasteiger partial charge in [-0.2, -0.15) is 8.42 Å². The highest BCUT2D eigenvalue weighted by molar-refractivity contribution is 7.86. The molecule has 1 N–H and O–H groups in total. The van der Waals surface area contributed by atoms with Crippen molar-refractivity contribution in [2.45, 2.75) is 39.0 Å². The molecule has 1 aromatic rings. The Bertz CT molecular complexity index is 824. The maximum Gasteiger partial charge on any atom is 0.306 e. The van der Waals surface area contributed by atoms with Gasteiger partial charge >= 0.3 is 10.1 Å². The molecule has 1 unspecified atom stereocenters. The van der Waals surface area contributed by atoms with E-state index < -0.39 is 10.1 Å². The van der Waals surface area contributed by atoms with Gasteiger partial charge in [-0.05, 0) is 37.0 Å². The van der Waals surface area contributed by atoms with E-state index in [-0.39, 0.29) is 35.2 Å². The fraction of sp³-hybridized carbons (Fsp3) is 0.444. The minimum absolute atomic E-state index is 0.00279. The third kappa shape index (κ3) is 5.08. The summed E-state index contributed by atoms with van der Waals surface area (Å²) >= 11 is 0. The number of carbonyl (C=O) groups excluding carboxylic acids is 1. The van der Waals surface area contributed by atoms with E-state index in [1.165, 1.54) is 12.1 Å². The third-order valence-electron chi connectivity index (χ3n) is 3.97. The van der Waals surface area contributed by atoms with E-state index in [0.29, 0.717) is 25.2 Å². The van der Waals surface area contributed by atoms with Gasteiger partial charge in [-0.3, -0.25) is 4.79 Å². The Morgan fingerprint density at radius 1 is 1.23 bits per heavy atom. The van der Waals surface area contributed by atoms with Crippen LogP contribution in [0.4, 0.5) is 0 Å². The van der Waals surface area contributed by atoms with Crippen LogP contribution in [-0.4, -0.2) is 37.9 Å². The number of ketones is 1. The summed E-state index contributed by atoms with van der Waals surface area (Å²) in [5, 5.41) is 14.3. The second-order valence-corrected chi connectivity index (χ2v) is 7.59. The molecule has 142 valence electrons. The highest BCUT2D eigenvalue weighted by Crippen LogP contribution is 2.35. The summed E-state index contributed by atoms with van der Waals surface area (Å²) in [6.07, 6.45) is 1.99. The first-order valence-electron chi connectivity index (χ1n) is 8.39. The number of carbonyl (C=O) groups is 1. The van der Waals surface area contributed by atoms with Crippen LogP contribution in [0.1, 0.15) is 44.6 Å². The monoisotopic (exact) mass is 381 g/mol. The van der Waals surface area contributed by atoms with Crippen LogP contribution in [0.15, 0.2) is 40.8 Å². The second kappa shape index (κ2) is 8.35. The Morgan fingerprint density at radius 2 is 1.88 bits per heavy atom. The fourth-order valence-electron chi connectivity index (χ4n) is 2.86. The van der Waals surface area contributed by atoms with Gasteiger partial charge in [0.05, 0.1) is 17.5 Å². The van der Waals surface area contributed by atoms with Gasteiger partial charge in [0.2, 0.25) is 0 Å². The van der Waals surface area contributed by atoms with Gasteiger partial charge < -0.3 is 14.1 Å². The first kappa shape index (κ1) is 20.0. The first-order valence-corrected chi connectivity index (χ1v) is 10.2. The lowest BCUT2D eigenvalue weighted by Crippen LogP contribution is -2.23. The lowest BCUT2D eigenvalue weighted by molar-refractivity contribution is -0.116. The lowest BCUT2D eigenvalue weighted by Gasteiger charge is -2.24. The smallest absolute Gasteiger partial charge is 0.306 e. The van der Waals surface area contributed by atoms with Crippen molar-refractivity contribution in [1.29, 1.82) is 0 Å². The van der Waals surface area contributed by atoms with Crippen LogP contribution in [0.3, 0.4) is 0 Å². The van der Waals surface area contributed by atoms with Crippen molar-refractivity contribution >= 4 is 21.6 Å². The van der Waals surface area contributed by atoms with Gasteiger partial charge in [0.25, 0.3) is 0 Å². The van der Waals surface area contributed by atoms with Gasteiger partial charge in [-0.15, -0.1) is 0 Å². The van der Waals surface area contributed by atoms with Crippen molar-refractivity contribution < 1.29 is 27.3 Å². The van der Waals surface area contributed by atoms with Crippen molar-refractivity contribution in [2.75, 3.05) is 12.9 Å². The molecule has 1 aliphatic rings. The summed E-state index contributed by atoms with van der Waals surface area (Å²) in [5.41, 5.74) is 1.52. The molecule has 0 saturated carbocycles. The highest BCUT2D eigenvalue weighted by Gasteiger charge is 2.31. The Balaban J connectivity index is 2.21. The summed E-state index contributed by atoms with van der Waals surface area (Å²) in [4.78, 5) is 17.6. The fourth-order valence-corrected chi connectivity index (χ4v) is 3.32. The number of Topliss-reactive ketones (excluding diaryl/α,β-unsaturated/α-hetero) is 1. The molecule has 0 saturated heterocycles. The number of aliphatic hydroxyl groups is 1. The molecule has 0 fully saturated rings. The van der Waals surface area contributed by atoms with Crippen LogP contribution in [0.2, 0.25) is 0 Å². The summed E-state index contributed by atoms with van der Waals surface area (Å²) in [6, 6.07) is 6.47. The molecule has 0 aliphatic heterocycles. The van der Waals surface area contributed by atoms with Crippen molar-refractivity contribution in [3.63, 3.8) is 0 Å². The van der Waals surface area contributed by atoms with E-state index in [4.69, 9.17) is 9.02 Å². The van der Waals surface area contributed by atoms with Crippen molar-refractivity contribution in [2.24, 2.45) is 5.16 Å². The predicted molar refractivity (Wildman–Crippen MR) is 97.9 cm³/mol. The quantitative estimate of drug-likeness (QED) is 0.442. The molecule has 1 aliphatic carbocycles. The number of nitrogens with zero attached hydrogens (tertiary/aromatic N) is 1. The van der Waals surface area contributed by atoms with Crippen LogP contribution in [0, 0.1) is 0 Å². The average Bonchev–Trinajstić information content (AvgIpc) is 2.56. The normalized spacial score (nSPS) is 18.8. The molecular weight excluding hydrogens is 358 g/mol. The van der Waals surface area contributed by atoms with Crippen LogP contribution in [0.25, 0.3) is 0 Å². The lowest BCUT2D eigenvalue weighted by atomic mass is 9.81. The number of allylic oxidation sites excluding steroid dienone is 2. The summed E-state index contributed by atoms with van der Waals surface area (Å²) in [6.45, 7) is 4.02. The molecule has 0 radical (unpaired) electrons. The summed E-state index contributed by atoms with van der Waals surface area (Å²) < 4.78 is 27.1. The van der Waals surface area contributed by atoms with E-state index in [0.717, 1.165) is 11.8 Å². The molecule has 1 atom stereocenters. The van der Waals surface area contributed by atoms with Gasteiger partial charge in [0, 0.05) is 12.8 Å². The van der Waals surface area contributed by atoms with Crippen molar-refractivity contribution in [3.05, 3.63) is 41.2 Å². The summed E-state index contributed by atoms with van der Waals surface area (Å²) in [7, 11) is -3.59. The van der Waals surface area contributed by atoms with Gasteiger partial charge in [0.15, 0.2) is 5.78 Å². The number of rotatable bonds is 7. The van der Waals surface area contributed by atoms with Crippen molar-refractivity contribution in [3.8, 4) is 5.75 Å². The second-order valence-electron chi connectivity index (χ2n) is 6.02. The Hall–Kier alpha value is -2.35. The van der Waals surface area contributed by atoms with Crippen LogP contribution in [0.5, 0.6) is 5.75 Å². The molecule has 7 nitrogen and oxygen atoms in total. The van der Waals surface area contributed by atoms with E-state index in [2.05, 4.69) is 5.16 Å². The molecule has 0 bridgehead atoms. The number of benzene rings is 1. The van der Waals surface area contributed by atoms with Crippen molar-refractivity contribution in [1.82, 2.24) is 0 Å². The maximum atomic E-state index is 12.5. The molecule has 0 aromatic heterocycles. The van der Waals surface area contributed by atoms with Gasteiger partial charge in [-0.1, -0.05) is 24.2 Å². The molecular formula is C18H23NO6S. The zero-order valence-corrected chi connectivity index (χ0v) is 15.9. The zero-order valence-electron chi connectivity index (χ0n) is 15.1. The van der Waals surface area contributed by atoms with Crippen LogP contribution < -0.4 is 4.18 Å². The maximum absolute atomic E-state index is 12.5. The molecule has 26 heavy (non-hydrogen) atoms. The Morgan fingerprint density at radius 3 is 2.38 bits per heavy atom. The molecule has 0 amide bonds. The SMILES string of the molecule is CCON=C(CC)C1=C(O)CC(c2ccc(OS(C)(=O)=O)cc2)CC1=O. The van der Waals surface area contributed by atoms with E-state index in [9.17, 15) is 18.3 Å². The topological polar surface area (TPSA) is 102 Å². The van der Waals surface area contributed by atoms with Crippen LogP contribution in [-0.2, 0) is 19.8 Å². The summed E-state index contributed by atoms with van der Waals surface area (Å²) in [5.74, 6) is -0.168. The first-order chi connectivity index (χ1) is 12.2. The number of aliphatic hydroxyl groups excluding tert-OH is 1. The number of hydrogen-bond donors (Lipinski definition) is 1.